The van der Waals surface area contributed by atoms with Crippen LogP contribution in [0.25, 0.3) is 21.8 Å². The summed E-state index contributed by atoms with van der Waals surface area (Å²) < 4.78 is 0. The van der Waals surface area contributed by atoms with Crippen LogP contribution in [0, 0.1) is 11.8 Å². The van der Waals surface area contributed by atoms with Crippen LogP contribution in [0.2, 0.25) is 0 Å². The third kappa shape index (κ3) is 35.8. The number of carbonyl (C=O) groups is 18. The van der Waals surface area contributed by atoms with E-state index in [0.717, 1.165) is 13.8 Å². The molecule has 0 fully saturated rings. The van der Waals surface area contributed by atoms with Crippen molar-refractivity contribution in [2.75, 3.05) is 31.1 Å². The summed E-state index contributed by atoms with van der Waals surface area (Å²) in [5, 5.41) is 61.3. The minimum Gasteiger partial charge on any atom is -0.508 e. The Hall–Kier alpha value is -13.4. The van der Waals surface area contributed by atoms with Gasteiger partial charge in [0.25, 0.3) is 0 Å². The molecule has 0 bridgehead atoms. The summed E-state index contributed by atoms with van der Waals surface area (Å²) in [7, 11) is 0. The van der Waals surface area contributed by atoms with Crippen LogP contribution in [0.15, 0.2) is 116 Å². The second kappa shape index (κ2) is 54.3. The summed E-state index contributed by atoms with van der Waals surface area (Å²) in [6.45, 7) is 9.09. The maximum absolute atomic E-state index is 15.4. The summed E-state index contributed by atoms with van der Waals surface area (Å²) >= 11 is 8.50. The molecule has 2 aromatic heterocycles. The van der Waals surface area contributed by atoms with E-state index in [1.165, 1.54) is 30.5 Å². The number of aromatic hydroxyl groups is 1. The average molecular weight is 1870 g/mol. The van der Waals surface area contributed by atoms with Gasteiger partial charge in [0, 0.05) is 111 Å². The molecular formula is C88H124N22O20S2. The Labute approximate surface area is 773 Å². The number of H-pyrrole nitrogens is 2. The van der Waals surface area contributed by atoms with Gasteiger partial charge in [-0.2, -0.15) is 25.3 Å². The number of phenols is 1. The normalized spacial score (nSPS) is 14.4. The largest absolute Gasteiger partial charge is 0.508 e. The molecule has 19 amide bonds. The minimum absolute atomic E-state index is 0.0415. The van der Waals surface area contributed by atoms with Crippen LogP contribution in [0.5, 0.6) is 5.75 Å². The second-order valence-electron chi connectivity index (χ2n) is 32.7. The predicted octanol–water partition coefficient (Wildman–Crippen LogP) is -3.01. The summed E-state index contributed by atoms with van der Waals surface area (Å²) in [6, 6.07) is 6.73. The Morgan fingerprint density at radius 2 is 0.773 bits per heavy atom. The molecule has 0 saturated carbocycles. The van der Waals surface area contributed by atoms with Gasteiger partial charge in [-0.1, -0.05) is 107 Å². The standard InChI is InChI=1S/C88H124N22O20S2/c1-46(2)37-63(76(118)94-36-33-72(116)99-59(75(92)117)23-14-15-34-89)103-81(123)65(38-50-17-8-7-9-18-50)106-86(128)73(47(3)4)109-78(120)60(24-16-35-95-88(93)130)100-82(124)66(40-52-42-96-57-21-12-10-19-55(52)57)105-80(122)64(39-51-25-27-54(113)28-26-51)104-85(127)69(45-132)108-77(119)61(29-31-70(90)114)101-83(125)67(41-53-43-97-58-22-13-11-20-56(53)58)107-87(129)74(48(5)111)110-79(121)62(30-32-71(91)115)102-84(126)68(44-131)98-49(6)112/h7-13,17-22,25-28,42-43,46-48,59-69,73-74,96-97,111,113,131-132H,14-16,23-24,29-41,44-45,89H2,1-6H3,(H2,90,114)(H2,91,115)(H2,92,117)(H,94,118)(H,98,112)(H,99,116)(H,100,124)(H,101,125)(H,102,126)(H,103,123)(H,104,127)(H,105,122)(H,106,128)(H,107,129)(H,108,119)(H,109,120)(H,110,121)(H3,93,95,130)/t48-,59-,60+,61+,62+,63-,64+,65+,66+,67+,68+,69+,73+,74+/m1/s1. The van der Waals surface area contributed by atoms with Crippen LogP contribution in [0.4, 0.5) is 4.79 Å². The van der Waals surface area contributed by atoms with E-state index in [2.05, 4.69) is 115 Å². The molecule has 2 heterocycles. The molecule has 0 saturated heterocycles. The fourth-order valence-electron chi connectivity index (χ4n) is 14.2. The Kier molecular flexibility index (Phi) is 44.2. The van der Waals surface area contributed by atoms with Crippen LogP contribution in [-0.2, 0) is 107 Å². The summed E-state index contributed by atoms with van der Waals surface area (Å²) in [6.07, 6.45) is -0.989. The molecular weight excluding hydrogens is 1750 g/mol. The van der Waals surface area contributed by atoms with Gasteiger partial charge in [0.15, 0.2) is 0 Å². The summed E-state index contributed by atoms with van der Waals surface area (Å²) in [5.74, 6) is -17.7. The fourth-order valence-corrected chi connectivity index (χ4v) is 14.7. The monoisotopic (exact) mass is 1870 g/mol. The van der Waals surface area contributed by atoms with Crippen LogP contribution in [0.3, 0.4) is 0 Å². The lowest BCUT2D eigenvalue weighted by atomic mass is 9.99. The molecule has 0 aliphatic carbocycles. The molecule has 0 aliphatic rings. The minimum atomic E-state index is -1.93. The molecule has 718 valence electrons. The van der Waals surface area contributed by atoms with E-state index in [-0.39, 0.29) is 81.9 Å². The van der Waals surface area contributed by atoms with Gasteiger partial charge in [0.05, 0.1) is 6.10 Å². The fraction of sp³-hybridized carbons (Fsp3) is 0.477. The number of primary amides is 4. The number of aromatic nitrogens is 2. The lowest BCUT2D eigenvalue weighted by Crippen LogP contribution is -2.62. The first-order chi connectivity index (χ1) is 62.7. The zero-order chi connectivity index (χ0) is 97.4. The van der Waals surface area contributed by atoms with Crippen molar-refractivity contribution >= 4 is 154 Å². The third-order valence-electron chi connectivity index (χ3n) is 21.2. The van der Waals surface area contributed by atoms with Gasteiger partial charge in [-0.25, -0.2) is 4.79 Å². The SMILES string of the molecule is CC(=O)N[C@@H](CS)C(=O)N[C@@H](CCC(N)=O)C(=O)N[C@H](C(=O)N[C@@H](Cc1c[nH]c2ccccc12)C(=O)N[C@@H](CCC(N)=O)C(=O)N[C@@H](CS)C(=O)N[C@@H](Cc1ccc(O)cc1)C(=O)N[C@@H](Cc1c[nH]c2ccccc12)C(=O)N[C@@H](CCCNC(N)=O)C(=O)N[C@H](C(=O)N[C@@H](Cc1ccccc1)C(=O)N[C@H](CC(C)C)C(=O)NCCC(=O)N[C@H](CCCCN)C(N)=O)C(C)C)[C@@H](C)O. The van der Waals surface area contributed by atoms with Gasteiger partial charge in [-0.05, 0) is 123 Å². The number of urea groups is 1. The summed E-state index contributed by atoms with van der Waals surface area (Å²) in [4.78, 5) is 256. The molecule has 132 heavy (non-hydrogen) atoms. The average Bonchev–Trinajstić information content (AvgIpc) is 1.65. The zero-order valence-corrected chi connectivity index (χ0v) is 76.2. The first kappa shape index (κ1) is 107. The zero-order valence-electron chi connectivity index (χ0n) is 74.4. The number of para-hydroxylation sites is 2. The van der Waals surface area contributed by atoms with Crippen molar-refractivity contribution in [3.8, 4) is 5.75 Å². The highest BCUT2D eigenvalue weighted by molar-refractivity contribution is 7.80. The highest BCUT2D eigenvalue weighted by Crippen LogP contribution is 2.23. The van der Waals surface area contributed by atoms with Gasteiger partial charge >= 0.3 is 6.03 Å². The molecule has 0 unspecified atom stereocenters. The predicted molar refractivity (Wildman–Crippen MR) is 494 cm³/mol. The number of nitrogens with two attached hydrogens (primary N) is 5. The number of amides is 19. The van der Waals surface area contributed by atoms with Crippen molar-refractivity contribution in [3.05, 3.63) is 138 Å². The van der Waals surface area contributed by atoms with Crippen molar-refractivity contribution < 1.29 is 96.5 Å². The van der Waals surface area contributed by atoms with Crippen LogP contribution in [0.1, 0.15) is 134 Å². The molecule has 0 radical (unpaired) electrons. The number of hydrogen-bond donors (Lipinski definition) is 26. The maximum atomic E-state index is 15.4. The number of benzene rings is 4. The number of thiol groups is 2. The number of hydrogen-bond acceptors (Lipinski definition) is 23. The number of aliphatic hydroxyl groups excluding tert-OH is 1. The number of carbonyl (C=O) groups excluding carboxylic acids is 18. The smallest absolute Gasteiger partial charge is 0.312 e. The van der Waals surface area contributed by atoms with E-state index in [4.69, 9.17) is 28.7 Å². The lowest BCUT2D eigenvalue weighted by Gasteiger charge is -2.29. The number of nitrogens with one attached hydrogen (secondary N) is 17. The Morgan fingerprint density at radius 1 is 0.379 bits per heavy atom. The highest BCUT2D eigenvalue weighted by Gasteiger charge is 2.40. The van der Waals surface area contributed by atoms with Crippen LogP contribution < -0.4 is 108 Å². The number of fused-ring (bicyclic) bond motifs is 2. The second-order valence-corrected chi connectivity index (χ2v) is 33.5. The van der Waals surface area contributed by atoms with E-state index >= 15 is 14.4 Å². The molecule has 29 N–H and O–H groups in total. The van der Waals surface area contributed by atoms with Gasteiger partial charge in [0.2, 0.25) is 100 Å². The summed E-state index contributed by atoms with van der Waals surface area (Å²) in [5.41, 5.74) is 30.5. The highest BCUT2D eigenvalue weighted by atomic mass is 32.1. The van der Waals surface area contributed by atoms with E-state index < -0.39 is 235 Å². The van der Waals surface area contributed by atoms with Gasteiger partial charge in [0.1, 0.15) is 84.3 Å². The molecule has 14 atom stereocenters. The van der Waals surface area contributed by atoms with Crippen molar-refractivity contribution in [1.29, 1.82) is 0 Å². The maximum Gasteiger partial charge on any atom is 0.312 e. The van der Waals surface area contributed by atoms with Crippen LogP contribution >= 0.6 is 25.3 Å². The van der Waals surface area contributed by atoms with Crippen LogP contribution in [-0.4, -0.2) is 242 Å². The molecule has 44 heteroatoms. The van der Waals surface area contributed by atoms with E-state index in [1.54, 1.807) is 98.9 Å². The van der Waals surface area contributed by atoms with Gasteiger partial charge in [-0.3, -0.25) is 81.5 Å². The van der Waals surface area contributed by atoms with E-state index in [1.807, 2.05) is 13.8 Å². The topological polar surface area (TPSA) is 690 Å². The molecule has 6 rings (SSSR count). The first-order valence-electron chi connectivity index (χ1n) is 43.3. The Bertz CT molecular complexity index is 4980. The first-order valence-corrected chi connectivity index (χ1v) is 44.5. The number of aromatic amines is 2. The van der Waals surface area contributed by atoms with Gasteiger partial charge in [-0.15, -0.1) is 0 Å². The van der Waals surface area contributed by atoms with E-state index in [9.17, 15) is 82.1 Å². The van der Waals surface area contributed by atoms with Gasteiger partial charge < -0.3 is 129 Å². The number of rotatable bonds is 57. The third-order valence-corrected chi connectivity index (χ3v) is 22.0. The Balaban J connectivity index is 1.29. The van der Waals surface area contributed by atoms with Crippen molar-refractivity contribution in [2.45, 2.75) is 223 Å². The van der Waals surface area contributed by atoms with E-state index in [0.29, 0.717) is 63.4 Å². The lowest BCUT2D eigenvalue weighted by molar-refractivity contribution is -0.137. The number of unbranched alkanes of at least 4 members (excludes halogenated alkanes) is 1. The molecule has 0 spiro atoms. The molecule has 6 aromatic rings. The van der Waals surface area contributed by atoms with Crippen molar-refractivity contribution in [3.63, 3.8) is 0 Å². The molecule has 4 aromatic carbocycles. The number of aliphatic hydroxyl groups is 1. The quantitative estimate of drug-likeness (QED) is 0.0134. The molecule has 0 aliphatic heterocycles. The van der Waals surface area contributed by atoms with Crippen molar-refractivity contribution in [1.82, 2.24) is 89.7 Å². The Morgan fingerprint density at radius 3 is 1.22 bits per heavy atom. The number of phenolic OH excluding ortho intramolecular Hbond substituents is 1. The molecule has 42 nitrogen and oxygen atoms in total. The van der Waals surface area contributed by atoms with Crippen molar-refractivity contribution in [2.24, 2.45) is 40.5 Å².